The van der Waals surface area contributed by atoms with Crippen LogP contribution in [0.1, 0.15) is 25.1 Å². The van der Waals surface area contributed by atoms with Crippen LogP contribution >= 0.6 is 0 Å². The van der Waals surface area contributed by atoms with Gasteiger partial charge in [0, 0.05) is 65.7 Å². The number of amides is 1. The zero-order valence-electron chi connectivity index (χ0n) is 19.3. The zero-order chi connectivity index (χ0) is 23.0. The third-order valence-electron chi connectivity index (χ3n) is 7.05. The van der Waals surface area contributed by atoms with Crippen LogP contribution in [0, 0.1) is 5.92 Å². The van der Waals surface area contributed by atoms with Gasteiger partial charge in [-0.1, -0.05) is 0 Å². The maximum absolute atomic E-state index is 13.0. The zero-order valence-corrected chi connectivity index (χ0v) is 20.1. The van der Waals surface area contributed by atoms with Crippen molar-refractivity contribution in [2.45, 2.75) is 30.6 Å². The topological polar surface area (TPSA) is 88.0 Å². The quantitative estimate of drug-likeness (QED) is 0.596. The minimum atomic E-state index is -3.57. The van der Waals surface area contributed by atoms with E-state index in [-0.39, 0.29) is 10.8 Å². The highest BCUT2D eigenvalue weighted by molar-refractivity contribution is 7.89. The summed E-state index contributed by atoms with van der Waals surface area (Å²) in [5, 5.41) is 0. The molecule has 3 aliphatic rings. The van der Waals surface area contributed by atoms with Crippen LogP contribution in [0.4, 0.5) is 0 Å². The Morgan fingerprint density at radius 2 is 1.82 bits per heavy atom. The molecule has 3 heterocycles. The number of piperazine rings is 1. The van der Waals surface area contributed by atoms with E-state index in [9.17, 15) is 13.2 Å². The van der Waals surface area contributed by atoms with E-state index >= 15 is 0 Å². The summed E-state index contributed by atoms with van der Waals surface area (Å²) >= 11 is 0. The number of hydrogen-bond acceptors (Lipinski definition) is 6. The molecule has 1 aromatic carbocycles. The Kier molecular flexibility index (Phi) is 6.43. The van der Waals surface area contributed by atoms with Gasteiger partial charge in [0.25, 0.3) is 0 Å². The molecule has 2 aromatic rings. The summed E-state index contributed by atoms with van der Waals surface area (Å²) in [6.45, 7) is 6.29. The van der Waals surface area contributed by atoms with Gasteiger partial charge in [-0.3, -0.25) is 9.69 Å². The second kappa shape index (κ2) is 9.32. The molecule has 2 aliphatic heterocycles. The van der Waals surface area contributed by atoms with Crippen molar-refractivity contribution < 1.29 is 17.9 Å². The molecule has 3 fully saturated rings. The number of sulfonamides is 1. The van der Waals surface area contributed by atoms with Crippen LogP contribution in [-0.4, -0.2) is 97.0 Å². The summed E-state index contributed by atoms with van der Waals surface area (Å²) in [5.74, 6) is 1.85. The van der Waals surface area contributed by atoms with Gasteiger partial charge in [0.1, 0.15) is 5.82 Å². The lowest BCUT2D eigenvalue weighted by Crippen LogP contribution is -2.49. The summed E-state index contributed by atoms with van der Waals surface area (Å²) in [4.78, 5) is 22.2. The van der Waals surface area contributed by atoms with E-state index in [1.807, 2.05) is 16.5 Å². The van der Waals surface area contributed by atoms with Gasteiger partial charge in [0.15, 0.2) is 0 Å². The Bertz CT molecular complexity index is 1110. The fraction of sp³-hybridized carbons (Fsp3) is 0.652. The number of fused-ring (bicyclic) bond motifs is 1. The molecular weight excluding hydrogens is 442 g/mol. The fourth-order valence-electron chi connectivity index (χ4n) is 4.77. The number of nitrogens with zero attached hydrogens (tertiary/aromatic N) is 5. The lowest BCUT2D eigenvalue weighted by Gasteiger charge is -2.34. The van der Waals surface area contributed by atoms with Crippen LogP contribution in [0.3, 0.4) is 0 Å². The highest BCUT2D eigenvalue weighted by Crippen LogP contribution is 2.30. The van der Waals surface area contributed by atoms with Crippen molar-refractivity contribution in [3.8, 4) is 0 Å². The molecule has 180 valence electrons. The first-order chi connectivity index (χ1) is 15.9. The number of aromatic nitrogens is 2. The smallest absolute Gasteiger partial charge is 0.243 e. The first kappa shape index (κ1) is 22.8. The second-order valence-corrected chi connectivity index (χ2v) is 11.3. The molecular formula is C23H33N5O4S. The molecule has 10 heteroatoms. The predicted octanol–water partition coefficient (Wildman–Crippen LogP) is 1.08. The van der Waals surface area contributed by atoms with Gasteiger partial charge in [0.2, 0.25) is 15.9 Å². The Balaban J connectivity index is 1.22. The highest BCUT2D eigenvalue weighted by Gasteiger charge is 2.28. The van der Waals surface area contributed by atoms with Crippen LogP contribution in [0.2, 0.25) is 0 Å². The monoisotopic (exact) mass is 475 g/mol. The van der Waals surface area contributed by atoms with E-state index in [2.05, 4.69) is 9.88 Å². The van der Waals surface area contributed by atoms with Gasteiger partial charge in [-0.05, 0) is 37.0 Å². The van der Waals surface area contributed by atoms with Gasteiger partial charge in [-0.25, -0.2) is 13.4 Å². The van der Waals surface area contributed by atoms with Gasteiger partial charge in [0.05, 0.1) is 29.1 Å². The van der Waals surface area contributed by atoms with Crippen molar-refractivity contribution in [2.24, 2.45) is 13.0 Å². The molecule has 0 N–H and O–H groups in total. The standard InChI is InChI=1S/C23H33N5O4S/c1-25-21-5-4-19(33(30,31)28-12-14-32-15-13-28)16-20(21)24-22(25)6-7-23(29)27-10-8-26(9-11-27)17-18-2-3-18/h4-5,16,18H,2-3,6-15,17H2,1H3. The number of carbonyl (C=O) groups is 1. The summed E-state index contributed by atoms with van der Waals surface area (Å²) in [6, 6.07) is 5.09. The predicted molar refractivity (Wildman–Crippen MR) is 124 cm³/mol. The summed E-state index contributed by atoms with van der Waals surface area (Å²) < 4.78 is 34.7. The highest BCUT2D eigenvalue weighted by atomic mass is 32.2. The maximum atomic E-state index is 13.0. The minimum absolute atomic E-state index is 0.170. The maximum Gasteiger partial charge on any atom is 0.243 e. The number of imidazole rings is 1. The Hall–Kier alpha value is -2.01. The molecule has 1 saturated carbocycles. The van der Waals surface area contributed by atoms with E-state index in [0.29, 0.717) is 44.7 Å². The first-order valence-corrected chi connectivity index (χ1v) is 13.4. The molecule has 0 atom stereocenters. The molecule has 0 spiro atoms. The molecule has 5 rings (SSSR count). The number of ether oxygens (including phenoxy) is 1. The van der Waals surface area contributed by atoms with Crippen molar-refractivity contribution in [3.05, 3.63) is 24.0 Å². The lowest BCUT2D eigenvalue weighted by molar-refractivity contribution is -0.132. The van der Waals surface area contributed by atoms with Crippen LogP contribution < -0.4 is 0 Å². The van der Waals surface area contributed by atoms with E-state index in [4.69, 9.17) is 4.74 Å². The van der Waals surface area contributed by atoms with Crippen LogP contribution in [0.15, 0.2) is 23.1 Å². The third kappa shape index (κ3) is 4.94. The normalized spacial score (nSPS) is 21.1. The minimum Gasteiger partial charge on any atom is -0.379 e. The largest absolute Gasteiger partial charge is 0.379 e. The van der Waals surface area contributed by atoms with Gasteiger partial charge in [-0.2, -0.15) is 4.31 Å². The number of benzene rings is 1. The fourth-order valence-corrected chi connectivity index (χ4v) is 6.20. The average Bonchev–Trinajstić information content (AvgIpc) is 3.60. The van der Waals surface area contributed by atoms with E-state index < -0.39 is 10.0 Å². The molecule has 1 aliphatic carbocycles. The molecule has 0 unspecified atom stereocenters. The van der Waals surface area contributed by atoms with Gasteiger partial charge in [-0.15, -0.1) is 0 Å². The Labute approximate surface area is 195 Å². The number of carbonyl (C=O) groups excluding carboxylic acids is 1. The van der Waals surface area contributed by atoms with Crippen LogP contribution in [-0.2, 0) is 33.0 Å². The van der Waals surface area contributed by atoms with Crippen LogP contribution in [0.25, 0.3) is 11.0 Å². The SMILES string of the molecule is Cn1c(CCC(=O)N2CCN(CC3CC3)CC2)nc2cc(S(=O)(=O)N3CCOCC3)ccc21. The molecule has 1 amide bonds. The number of hydrogen-bond donors (Lipinski definition) is 0. The first-order valence-electron chi connectivity index (χ1n) is 12.0. The molecule has 0 radical (unpaired) electrons. The van der Waals surface area contributed by atoms with E-state index in [1.165, 1.54) is 23.7 Å². The molecule has 0 bridgehead atoms. The van der Waals surface area contributed by atoms with Gasteiger partial charge >= 0.3 is 0 Å². The van der Waals surface area contributed by atoms with Crippen molar-refractivity contribution in [1.29, 1.82) is 0 Å². The molecule has 1 aromatic heterocycles. The third-order valence-corrected chi connectivity index (χ3v) is 8.95. The summed E-state index contributed by atoms with van der Waals surface area (Å²) in [5.41, 5.74) is 1.51. The number of aryl methyl sites for hydroxylation is 2. The van der Waals surface area contributed by atoms with Crippen molar-refractivity contribution >= 4 is 27.0 Å². The molecule has 9 nitrogen and oxygen atoms in total. The molecule has 2 saturated heterocycles. The van der Waals surface area contributed by atoms with Crippen molar-refractivity contribution in [1.82, 2.24) is 23.7 Å². The summed E-state index contributed by atoms with van der Waals surface area (Å²) in [6.07, 6.45) is 3.67. The molecule has 33 heavy (non-hydrogen) atoms. The number of morpholine rings is 1. The van der Waals surface area contributed by atoms with E-state index in [0.717, 1.165) is 43.4 Å². The Morgan fingerprint density at radius 3 is 2.52 bits per heavy atom. The number of rotatable bonds is 7. The van der Waals surface area contributed by atoms with Gasteiger partial charge < -0.3 is 14.2 Å². The lowest BCUT2D eigenvalue weighted by atomic mass is 10.2. The Morgan fingerprint density at radius 1 is 1.09 bits per heavy atom. The second-order valence-electron chi connectivity index (χ2n) is 9.38. The van der Waals surface area contributed by atoms with Crippen molar-refractivity contribution in [2.75, 3.05) is 59.0 Å². The summed E-state index contributed by atoms with van der Waals surface area (Å²) in [7, 11) is -1.65. The average molecular weight is 476 g/mol. The van der Waals surface area contributed by atoms with Crippen LogP contribution in [0.5, 0.6) is 0 Å². The van der Waals surface area contributed by atoms with Crippen molar-refractivity contribution in [3.63, 3.8) is 0 Å². The van der Waals surface area contributed by atoms with E-state index in [1.54, 1.807) is 18.2 Å².